The third-order valence-electron chi connectivity index (χ3n) is 9.98. The van der Waals surface area contributed by atoms with E-state index in [9.17, 15) is 14.4 Å². The van der Waals surface area contributed by atoms with Gasteiger partial charge in [-0.05, 0) is 36.3 Å². The maximum absolute atomic E-state index is 13.4. The summed E-state index contributed by atoms with van der Waals surface area (Å²) in [4.78, 5) is 38.8. The van der Waals surface area contributed by atoms with Gasteiger partial charge in [0.05, 0.1) is 32.2 Å². The fraction of sp³-hybridized carbons (Fsp3) is 0.667. The summed E-state index contributed by atoms with van der Waals surface area (Å²) >= 11 is 0. The lowest BCUT2D eigenvalue weighted by Gasteiger charge is -2.70. The highest BCUT2D eigenvalue weighted by atomic mass is 16.6. The molecule has 34 heavy (non-hydrogen) atoms. The first-order chi connectivity index (χ1) is 15.9. The maximum Gasteiger partial charge on any atom is 0.309 e. The Hall–Kier alpha value is -2.41. The molecule has 3 heterocycles. The number of ether oxygens (including phenoxy) is 3. The van der Waals surface area contributed by atoms with Gasteiger partial charge in [0.15, 0.2) is 0 Å². The van der Waals surface area contributed by atoms with Gasteiger partial charge < -0.3 is 18.6 Å². The molecule has 4 aliphatic rings. The number of ketones is 1. The van der Waals surface area contributed by atoms with Crippen molar-refractivity contribution in [2.45, 2.75) is 77.6 Å². The van der Waals surface area contributed by atoms with Gasteiger partial charge in [-0.15, -0.1) is 0 Å². The number of hydrogen-bond donors (Lipinski definition) is 0. The molecular weight excluding hydrogens is 436 g/mol. The minimum absolute atomic E-state index is 0.00254. The van der Waals surface area contributed by atoms with Gasteiger partial charge in [0, 0.05) is 34.7 Å². The minimum atomic E-state index is -0.949. The zero-order valence-electron chi connectivity index (χ0n) is 20.6. The molecule has 2 bridgehead atoms. The molecule has 2 saturated heterocycles. The Bertz CT molecular complexity index is 1060. The Kier molecular flexibility index (Phi) is 5.01. The standard InChI is InChI=1S/C27H34O7/c1-15-17-7-9-25(4)23(16-8-10-32-14-16)33-22(30)13-27(15,25)34-20-12-19(28)24(2,3)18(26(17,20)5)11-21(29)31-6/h8,10,14,17-18,20,23H,1,7,9,11-13H2,2-6H3/t17-,18-,20-,23-,25-,26+,27-/m0/s1. The van der Waals surface area contributed by atoms with E-state index in [-0.39, 0.29) is 48.8 Å². The van der Waals surface area contributed by atoms with Crippen LogP contribution in [0.4, 0.5) is 0 Å². The highest BCUT2D eigenvalue weighted by Gasteiger charge is 2.73. The van der Waals surface area contributed by atoms with Crippen LogP contribution in [0.1, 0.15) is 71.5 Å². The maximum atomic E-state index is 13.4. The van der Waals surface area contributed by atoms with E-state index in [4.69, 9.17) is 18.6 Å². The van der Waals surface area contributed by atoms with Gasteiger partial charge in [-0.2, -0.15) is 0 Å². The van der Waals surface area contributed by atoms with Crippen LogP contribution in [0.5, 0.6) is 0 Å². The summed E-state index contributed by atoms with van der Waals surface area (Å²) in [6, 6.07) is 1.82. The monoisotopic (exact) mass is 470 g/mol. The fourth-order valence-electron chi connectivity index (χ4n) is 7.88. The number of rotatable bonds is 3. The number of methoxy groups -OCH3 is 1. The molecule has 184 valence electrons. The molecule has 2 saturated carbocycles. The van der Waals surface area contributed by atoms with Gasteiger partial charge in [-0.3, -0.25) is 14.4 Å². The van der Waals surface area contributed by atoms with E-state index in [0.29, 0.717) is 0 Å². The zero-order valence-corrected chi connectivity index (χ0v) is 20.6. The van der Waals surface area contributed by atoms with Gasteiger partial charge in [0.25, 0.3) is 0 Å². The Balaban J connectivity index is 1.63. The molecule has 7 atom stereocenters. The van der Waals surface area contributed by atoms with Crippen molar-refractivity contribution in [1.82, 2.24) is 0 Å². The van der Waals surface area contributed by atoms with Crippen LogP contribution >= 0.6 is 0 Å². The summed E-state index contributed by atoms with van der Waals surface area (Å²) in [5, 5.41) is 0. The first kappa shape index (κ1) is 23.3. The lowest BCUT2D eigenvalue weighted by Crippen LogP contribution is -2.72. The molecule has 1 aromatic heterocycles. The molecule has 0 aromatic carbocycles. The molecular formula is C27H34O7. The van der Waals surface area contributed by atoms with E-state index in [2.05, 4.69) is 20.4 Å². The number of furan rings is 1. The van der Waals surface area contributed by atoms with E-state index in [1.54, 1.807) is 12.5 Å². The first-order valence-electron chi connectivity index (χ1n) is 12.1. The molecule has 5 rings (SSSR count). The number of Topliss-reactive ketones (excluding diaryl/α,β-unsaturated/α-hetero) is 1. The summed E-state index contributed by atoms with van der Waals surface area (Å²) in [5.74, 6) is -0.889. The number of carbonyl (C=O) groups excluding carboxylic acids is 3. The van der Waals surface area contributed by atoms with Crippen molar-refractivity contribution in [3.63, 3.8) is 0 Å². The predicted octanol–water partition coefficient (Wildman–Crippen LogP) is 4.56. The normalized spacial score (nSPS) is 42.9. The number of hydrogen-bond acceptors (Lipinski definition) is 7. The van der Waals surface area contributed by atoms with Crippen LogP contribution in [0, 0.1) is 28.1 Å². The summed E-state index contributed by atoms with van der Waals surface area (Å²) in [6.07, 6.45) is 4.23. The van der Waals surface area contributed by atoms with Crippen molar-refractivity contribution in [2.24, 2.45) is 28.1 Å². The lowest BCUT2D eigenvalue weighted by molar-refractivity contribution is -0.298. The molecule has 0 N–H and O–H groups in total. The average molecular weight is 471 g/mol. The molecule has 0 radical (unpaired) electrons. The zero-order chi connectivity index (χ0) is 24.7. The highest BCUT2D eigenvalue weighted by molar-refractivity contribution is 5.87. The Morgan fingerprint density at radius 1 is 1.24 bits per heavy atom. The van der Waals surface area contributed by atoms with E-state index in [1.807, 2.05) is 19.9 Å². The van der Waals surface area contributed by atoms with Crippen LogP contribution in [0.25, 0.3) is 0 Å². The quantitative estimate of drug-likeness (QED) is 0.472. The molecule has 2 aliphatic heterocycles. The van der Waals surface area contributed by atoms with Gasteiger partial charge in [-0.25, -0.2) is 0 Å². The average Bonchev–Trinajstić information content (AvgIpc) is 3.30. The summed E-state index contributed by atoms with van der Waals surface area (Å²) in [6.45, 7) is 12.6. The summed E-state index contributed by atoms with van der Waals surface area (Å²) in [7, 11) is 1.38. The van der Waals surface area contributed by atoms with Gasteiger partial charge in [-0.1, -0.05) is 34.3 Å². The van der Waals surface area contributed by atoms with Gasteiger partial charge in [0.2, 0.25) is 0 Å². The predicted molar refractivity (Wildman–Crippen MR) is 121 cm³/mol. The Labute approximate surface area is 200 Å². The van der Waals surface area contributed by atoms with Crippen LogP contribution in [0.3, 0.4) is 0 Å². The molecule has 1 aromatic rings. The number of esters is 2. The lowest BCUT2D eigenvalue weighted by atomic mass is 9.41. The topological polar surface area (TPSA) is 92.0 Å². The van der Waals surface area contributed by atoms with Gasteiger partial charge >= 0.3 is 11.9 Å². The largest absolute Gasteiger partial charge is 0.472 e. The molecule has 7 nitrogen and oxygen atoms in total. The van der Waals surface area contributed by atoms with Crippen molar-refractivity contribution in [1.29, 1.82) is 0 Å². The first-order valence-corrected chi connectivity index (χ1v) is 12.1. The van der Waals surface area contributed by atoms with Crippen LogP contribution in [-0.2, 0) is 28.6 Å². The number of cyclic esters (lactones) is 1. The Morgan fingerprint density at radius 2 is 1.97 bits per heavy atom. The number of fused-ring (bicyclic) bond motifs is 3. The SMILES string of the molecule is C=C1[C@@H]2CC[C@@]3(C)[C@H](c4ccoc4)OC(=O)C[C@]13O[C@H]1CC(=O)C(C)(C)[C@H](CC(=O)OC)[C@]12C. The van der Waals surface area contributed by atoms with Crippen LogP contribution < -0.4 is 0 Å². The van der Waals surface area contributed by atoms with Crippen molar-refractivity contribution in [3.8, 4) is 0 Å². The van der Waals surface area contributed by atoms with E-state index in [1.165, 1.54) is 7.11 Å². The van der Waals surface area contributed by atoms with Crippen molar-refractivity contribution >= 4 is 17.7 Å². The summed E-state index contributed by atoms with van der Waals surface area (Å²) < 4.78 is 23.2. The van der Waals surface area contributed by atoms with E-state index >= 15 is 0 Å². The summed E-state index contributed by atoms with van der Waals surface area (Å²) in [5.41, 5.74) is -1.05. The van der Waals surface area contributed by atoms with Crippen LogP contribution in [0.2, 0.25) is 0 Å². The highest BCUT2D eigenvalue weighted by Crippen LogP contribution is 2.71. The molecule has 7 heteroatoms. The molecule has 1 spiro atoms. The van der Waals surface area contributed by atoms with Crippen LogP contribution in [-0.4, -0.2) is 36.5 Å². The van der Waals surface area contributed by atoms with Crippen molar-refractivity contribution in [2.75, 3.05) is 7.11 Å². The molecule has 0 unspecified atom stereocenters. The minimum Gasteiger partial charge on any atom is -0.472 e. The van der Waals surface area contributed by atoms with Crippen molar-refractivity contribution in [3.05, 3.63) is 36.3 Å². The smallest absolute Gasteiger partial charge is 0.309 e. The van der Waals surface area contributed by atoms with Crippen molar-refractivity contribution < 1.29 is 33.0 Å². The molecule has 2 aliphatic carbocycles. The fourth-order valence-corrected chi connectivity index (χ4v) is 7.88. The van der Waals surface area contributed by atoms with E-state index < -0.39 is 34.1 Å². The second-order valence-corrected chi connectivity index (χ2v) is 11.6. The van der Waals surface area contributed by atoms with Gasteiger partial charge in [0.1, 0.15) is 17.5 Å². The molecule has 4 fully saturated rings. The van der Waals surface area contributed by atoms with E-state index in [0.717, 1.165) is 24.0 Å². The Morgan fingerprint density at radius 3 is 2.62 bits per heavy atom. The van der Waals surface area contributed by atoms with Crippen LogP contribution in [0.15, 0.2) is 35.2 Å². The second kappa shape index (κ2) is 7.30. The molecule has 0 amide bonds. The number of carbonyl (C=O) groups is 3. The third-order valence-corrected chi connectivity index (χ3v) is 9.98. The second-order valence-electron chi connectivity index (χ2n) is 11.6. The third kappa shape index (κ3) is 2.76.